The Hall–Kier alpha value is -0.840. The van der Waals surface area contributed by atoms with Crippen LogP contribution in [0.5, 0.6) is 0 Å². The van der Waals surface area contributed by atoms with E-state index in [9.17, 15) is 4.79 Å². The third-order valence-electron chi connectivity index (χ3n) is 2.27. The molecule has 4 nitrogen and oxygen atoms in total. The van der Waals surface area contributed by atoms with E-state index in [4.69, 9.17) is 4.74 Å². The maximum absolute atomic E-state index is 11.5. The maximum Gasteiger partial charge on any atom is 0.320 e. The van der Waals surface area contributed by atoms with E-state index in [0.29, 0.717) is 13.0 Å². The van der Waals surface area contributed by atoms with E-state index < -0.39 is 0 Å². The Labute approximate surface area is 104 Å². The van der Waals surface area contributed by atoms with Crippen LogP contribution in [-0.2, 0) is 29.4 Å². The van der Waals surface area contributed by atoms with Crippen molar-refractivity contribution in [3.63, 3.8) is 0 Å². The van der Waals surface area contributed by atoms with Crippen molar-refractivity contribution in [2.24, 2.45) is 7.05 Å². The van der Waals surface area contributed by atoms with E-state index in [1.54, 1.807) is 11.6 Å². The van der Waals surface area contributed by atoms with Crippen LogP contribution in [0, 0.1) is 0 Å². The first-order valence-electron chi connectivity index (χ1n) is 5.40. The molecule has 0 aliphatic carbocycles. The molecule has 0 aliphatic rings. The van der Waals surface area contributed by atoms with Crippen LogP contribution >= 0.6 is 15.9 Å². The second-order valence-electron chi connectivity index (χ2n) is 3.55. The average molecular weight is 289 g/mol. The van der Waals surface area contributed by atoms with Gasteiger partial charge < -0.3 is 4.74 Å². The van der Waals surface area contributed by atoms with Crippen LogP contribution in [-0.4, -0.2) is 27.2 Å². The topological polar surface area (TPSA) is 44.1 Å². The minimum atomic E-state index is -0.290. The molecule has 0 saturated heterocycles. The smallest absolute Gasteiger partial charge is 0.320 e. The minimum Gasteiger partial charge on any atom is -0.465 e. The number of carbonyl (C=O) groups is 1. The SMILES string of the molecule is CCOC(=O)C(Br)Cc1cn(C)nc1CC. The summed E-state index contributed by atoms with van der Waals surface area (Å²) in [6.07, 6.45) is 3.45. The zero-order valence-corrected chi connectivity index (χ0v) is 11.5. The average Bonchev–Trinajstić information content (AvgIpc) is 2.59. The number of alkyl halides is 1. The molecule has 1 rings (SSSR count). The molecular weight excluding hydrogens is 272 g/mol. The number of hydrogen-bond donors (Lipinski definition) is 0. The van der Waals surface area contributed by atoms with Gasteiger partial charge in [0.15, 0.2) is 0 Å². The lowest BCUT2D eigenvalue weighted by Gasteiger charge is -2.08. The Morgan fingerprint density at radius 2 is 2.31 bits per heavy atom. The number of esters is 1. The number of carbonyl (C=O) groups excluding carboxylic acids is 1. The van der Waals surface area contributed by atoms with Crippen molar-refractivity contribution >= 4 is 21.9 Å². The van der Waals surface area contributed by atoms with Gasteiger partial charge in [0.05, 0.1) is 12.3 Å². The lowest BCUT2D eigenvalue weighted by molar-refractivity contribution is -0.142. The number of nitrogens with zero attached hydrogens (tertiary/aromatic N) is 2. The van der Waals surface area contributed by atoms with Crippen molar-refractivity contribution in [3.05, 3.63) is 17.5 Å². The van der Waals surface area contributed by atoms with Gasteiger partial charge in [-0.05, 0) is 25.3 Å². The van der Waals surface area contributed by atoms with Gasteiger partial charge in [-0.2, -0.15) is 5.10 Å². The van der Waals surface area contributed by atoms with Crippen molar-refractivity contribution in [2.45, 2.75) is 31.5 Å². The van der Waals surface area contributed by atoms with Gasteiger partial charge in [-0.1, -0.05) is 22.9 Å². The summed E-state index contributed by atoms with van der Waals surface area (Å²) in [5.74, 6) is -0.214. The van der Waals surface area contributed by atoms with Crippen LogP contribution in [0.25, 0.3) is 0 Å². The second-order valence-corrected chi connectivity index (χ2v) is 4.66. The number of aromatic nitrogens is 2. The lowest BCUT2D eigenvalue weighted by atomic mass is 10.1. The van der Waals surface area contributed by atoms with Gasteiger partial charge in [-0.15, -0.1) is 0 Å². The Bertz CT molecular complexity index is 363. The van der Waals surface area contributed by atoms with Gasteiger partial charge in [-0.3, -0.25) is 9.48 Å². The van der Waals surface area contributed by atoms with Crippen LogP contribution < -0.4 is 0 Å². The molecule has 0 radical (unpaired) electrons. The molecule has 1 unspecified atom stereocenters. The van der Waals surface area contributed by atoms with Gasteiger partial charge in [-0.25, -0.2) is 0 Å². The van der Waals surface area contributed by atoms with Crippen LogP contribution in [0.1, 0.15) is 25.1 Å². The monoisotopic (exact) mass is 288 g/mol. The summed E-state index contributed by atoms with van der Waals surface area (Å²) >= 11 is 3.34. The summed E-state index contributed by atoms with van der Waals surface area (Å²) in [6, 6.07) is 0. The summed E-state index contributed by atoms with van der Waals surface area (Å²) in [6.45, 7) is 4.27. The predicted octanol–water partition coefficient (Wildman–Crippen LogP) is 1.85. The van der Waals surface area contributed by atoms with Crippen LogP contribution in [0.4, 0.5) is 0 Å². The van der Waals surface area contributed by atoms with Crippen LogP contribution in [0.15, 0.2) is 6.20 Å². The first-order chi connectivity index (χ1) is 7.58. The molecular formula is C11H17BrN2O2. The predicted molar refractivity (Wildman–Crippen MR) is 65.6 cm³/mol. The standard InChI is InChI=1S/C11H17BrN2O2/c1-4-10-8(7-14(3)13-10)6-9(12)11(15)16-5-2/h7,9H,4-6H2,1-3H3. The first kappa shape index (κ1) is 13.2. The number of ether oxygens (including phenoxy) is 1. The van der Waals surface area contributed by atoms with Crippen molar-refractivity contribution in [3.8, 4) is 0 Å². The Morgan fingerprint density at radius 3 is 2.88 bits per heavy atom. The third-order valence-corrected chi connectivity index (χ3v) is 2.97. The summed E-state index contributed by atoms with van der Waals surface area (Å²) in [4.78, 5) is 11.2. The zero-order valence-electron chi connectivity index (χ0n) is 9.86. The second kappa shape index (κ2) is 6.03. The van der Waals surface area contributed by atoms with Gasteiger partial charge >= 0.3 is 5.97 Å². The lowest BCUT2D eigenvalue weighted by Crippen LogP contribution is -2.20. The number of rotatable bonds is 5. The maximum atomic E-state index is 11.5. The van der Waals surface area contributed by atoms with Gasteiger partial charge in [0.1, 0.15) is 4.83 Å². The van der Waals surface area contributed by atoms with E-state index in [2.05, 4.69) is 28.0 Å². The zero-order chi connectivity index (χ0) is 12.1. The Balaban J connectivity index is 2.68. The van der Waals surface area contributed by atoms with Crippen molar-refractivity contribution < 1.29 is 9.53 Å². The highest BCUT2D eigenvalue weighted by atomic mass is 79.9. The highest BCUT2D eigenvalue weighted by Gasteiger charge is 2.19. The van der Waals surface area contributed by atoms with Crippen LogP contribution in [0.2, 0.25) is 0 Å². The third kappa shape index (κ3) is 3.33. The fourth-order valence-corrected chi connectivity index (χ4v) is 2.04. The largest absolute Gasteiger partial charge is 0.465 e. The Morgan fingerprint density at radius 1 is 1.62 bits per heavy atom. The highest BCUT2D eigenvalue weighted by Crippen LogP contribution is 2.15. The fourth-order valence-electron chi connectivity index (χ4n) is 1.56. The number of halogens is 1. The molecule has 0 amide bonds. The highest BCUT2D eigenvalue weighted by molar-refractivity contribution is 9.10. The molecule has 16 heavy (non-hydrogen) atoms. The van der Waals surface area contributed by atoms with E-state index in [0.717, 1.165) is 17.7 Å². The molecule has 1 atom stereocenters. The van der Waals surface area contributed by atoms with E-state index in [1.807, 2.05) is 13.2 Å². The van der Waals surface area contributed by atoms with Gasteiger partial charge in [0, 0.05) is 13.2 Å². The van der Waals surface area contributed by atoms with Crippen molar-refractivity contribution in [1.29, 1.82) is 0 Å². The Kier molecular flexibility index (Phi) is 4.99. The fraction of sp³-hybridized carbons (Fsp3) is 0.636. The van der Waals surface area contributed by atoms with Gasteiger partial charge in [0.25, 0.3) is 0 Å². The molecule has 0 fully saturated rings. The molecule has 0 aliphatic heterocycles. The molecule has 1 aromatic heterocycles. The summed E-state index contributed by atoms with van der Waals surface area (Å²) in [7, 11) is 1.89. The summed E-state index contributed by atoms with van der Waals surface area (Å²) < 4.78 is 6.72. The molecule has 0 spiro atoms. The molecule has 0 bridgehead atoms. The summed E-state index contributed by atoms with van der Waals surface area (Å²) in [5, 5.41) is 4.33. The molecule has 5 heteroatoms. The quantitative estimate of drug-likeness (QED) is 0.614. The first-order valence-corrected chi connectivity index (χ1v) is 6.32. The van der Waals surface area contributed by atoms with E-state index in [-0.39, 0.29) is 10.8 Å². The number of aryl methyl sites for hydroxylation is 2. The number of hydrogen-bond acceptors (Lipinski definition) is 3. The molecule has 1 heterocycles. The molecule has 1 aromatic rings. The molecule has 90 valence electrons. The molecule has 0 saturated carbocycles. The van der Waals surface area contributed by atoms with Crippen LogP contribution in [0.3, 0.4) is 0 Å². The van der Waals surface area contributed by atoms with Crippen molar-refractivity contribution in [1.82, 2.24) is 9.78 Å². The molecule has 0 N–H and O–H groups in total. The minimum absolute atomic E-state index is 0.214. The normalized spacial score (nSPS) is 12.5. The summed E-state index contributed by atoms with van der Waals surface area (Å²) in [5.41, 5.74) is 2.14. The van der Waals surface area contributed by atoms with Gasteiger partial charge in [0.2, 0.25) is 0 Å². The van der Waals surface area contributed by atoms with E-state index >= 15 is 0 Å². The molecule has 0 aromatic carbocycles. The van der Waals surface area contributed by atoms with E-state index in [1.165, 1.54) is 0 Å². The van der Waals surface area contributed by atoms with Crippen molar-refractivity contribution in [2.75, 3.05) is 6.61 Å².